The van der Waals surface area contributed by atoms with Crippen molar-refractivity contribution in [1.29, 1.82) is 0 Å². The molecular formula is C14H14ClNO2. The lowest BCUT2D eigenvalue weighted by Crippen LogP contribution is -1.98. The molecule has 0 bridgehead atoms. The van der Waals surface area contributed by atoms with Crippen LogP contribution in [0.3, 0.4) is 0 Å². The Balaban J connectivity index is 2.25. The minimum Gasteiger partial charge on any atom is -0.481 e. The van der Waals surface area contributed by atoms with Crippen LogP contribution in [0.1, 0.15) is 11.1 Å². The SMILES string of the molecule is COc1ccc(Cc2ccc(Cl)cc2)c(OC)n1. The molecule has 0 amide bonds. The van der Waals surface area contributed by atoms with E-state index in [0.29, 0.717) is 11.8 Å². The van der Waals surface area contributed by atoms with Gasteiger partial charge < -0.3 is 9.47 Å². The van der Waals surface area contributed by atoms with Crippen molar-refractivity contribution in [1.82, 2.24) is 4.98 Å². The Morgan fingerprint density at radius 2 is 1.72 bits per heavy atom. The first kappa shape index (κ1) is 12.7. The predicted octanol–water partition coefficient (Wildman–Crippen LogP) is 3.34. The third-order valence-electron chi connectivity index (χ3n) is 2.62. The van der Waals surface area contributed by atoms with Gasteiger partial charge in [-0.05, 0) is 23.8 Å². The molecule has 0 saturated carbocycles. The van der Waals surface area contributed by atoms with E-state index < -0.39 is 0 Å². The van der Waals surface area contributed by atoms with Crippen LogP contribution in [0.15, 0.2) is 36.4 Å². The van der Waals surface area contributed by atoms with Gasteiger partial charge in [-0.25, -0.2) is 0 Å². The van der Waals surface area contributed by atoms with E-state index in [1.54, 1.807) is 14.2 Å². The van der Waals surface area contributed by atoms with Gasteiger partial charge in [-0.15, -0.1) is 0 Å². The van der Waals surface area contributed by atoms with Gasteiger partial charge in [0.05, 0.1) is 14.2 Å². The molecule has 94 valence electrons. The summed E-state index contributed by atoms with van der Waals surface area (Å²) in [6.07, 6.45) is 0.747. The summed E-state index contributed by atoms with van der Waals surface area (Å²) < 4.78 is 10.3. The van der Waals surface area contributed by atoms with Crippen molar-refractivity contribution in [2.75, 3.05) is 14.2 Å². The summed E-state index contributed by atoms with van der Waals surface area (Å²) in [7, 11) is 3.19. The quantitative estimate of drug-likeness (QED) is 0.848. The van der Waals surface area contributed by atoms with Crippen molar-refractivity contribution < 1.29 is 9.47 Å². The van der Waals surface area contributed by atoms with Crippen LogP contribution in [0.2, 0.25) is 5.02 Å². The molecule has 0 aliphatic heterocycles. The van der Waals surface area contributed by atoms with Gasteiger partial charge in [0.25, 0.3) is 0 Å². The van der Waals surface area contributed by atoms with Crippen LogP contribution in [0.4, 0.5) is 0 Å². The summed E-state index contributed by atoms with van der Waals surface area (Å²) >= 11 is 5.86. The fourth-order valence-corrected chi connectivity index (χ4v) is 1.83. The van der Waals surface area contributed by atoms with Gasteiger partial charge in [0, 0.05) is 23.1 Å². The molecule has 1 heterocycles. The normalized spacial score (nSPS) is 10.2. The van der Waals surface area contributed by atoms with Crippen molar-refractivity contribution in [2.45, 2.75) is 6.42 Å². The Labute approximate surface area is 111 Å². The van der Waals surface area contributed by atoms with Crippen molar-refractivity contribution in [3.63, 3.8) is 0 Å². The summed E-state index contributed by atoms with van der Waals surface area (Å²) in [4.78, 5) is 4.25. The first-order valence-corrected chi connectivity index (χ1v) is 5.93. The number of hydrogen-bond acceptors (Lipinski definition) is 3. The Hall–Kier alpha value is -1.74. The average molecular weight is 264 g/mol. The third kappa shape index (κ3) is 2.93. The second-order valence-electron chi connectivity index (χ2n) is 3.83. The van der Waals surface area contributed by atoms with Crippen LogP contribution in [0, 0.1) is 0 Å². The maximum absolute atomic E-state index is 5.86. The molecule has 2 rings (SSSR count). The smallest absolute Gasteiger partial charge is 0.219 e. The van der Waals surface area contributed by atoms with Gasteiger partial charge in [0.15, 0.2) is 0 Å². The summed E-state index contributed by atoms with van der Waals surface area (Å²) in [6, 6.07) is 11.5. The van der Waals surface area contributed by atoms with Crippen LogP contribution in [-0.2, 0) is 6.42 Å². The van der Waals surface area contributed by atoms with Crippen LogP contribution in [0.25, 0.3) is 0 Å². The molecule has 4 heteroatoms. The lowest BCUT2D eigenvalue weighted by Gasteiger charge is -2.09. The molecule has 0 spiro atoms. The third-order valence-corrected chi connectivity index (χ3v) is 2.88. The fourth-order valence-electron chi connectivity index (χ4n) is 1.70. The Morgan fingerprint density at radius 1 is 1.00 bits per heavy atom. The number of halogens is 1. The van der Waals surface area contributed by atoms with E-state index in [4.69, 9.17) is 21.1 Å². The summed E-state index contributed by atoms with van der Waals surface area (Å²) in [6.45, 7) is 0. The van der Waals surface area contributed by atoms with E-state index in [0.717, 1.165) is 22.6 Å². The Bertz CT molecular complexity index is 526. The van der Waals surface area contributed by atoms with Gasteiger partial charge in [0.1, 0.15) is 0 Å². The van der Waals surface area contributed by atoms with Crippen LogP contribution in [0.5, 0.6) is 11.8 Å². The standard InChI is InChI=1S/C14H14ClNO2/c1-17-13-8-5-11(14(16-13)18-2)9-10-3-6-12(15)7-4-10/h3-8H,9H2,1-2H3. The van der Waals surface area contributed by atoms with E-state index >= 15 is 0 Å². The van der Waals surface area contributed by atoms with Gasteiger partial charge in [-0.2, -0.15) is 4.98 Å². The number of methoxy groups -OCH3 is 2. The van der Waals surface area contributed by atoms with E-state index in [-0.39, 0.29) is 0 Å². The zero-order valence-corrected chi connectivity index (χ0v) is 11.1. The van der Waals surface area contributed by atoms with Crippen LogP contribution < -0.4 is 9.47 Å². The largest absolute Gasteiger partial charge is 0.481 e. The molecule has 0 fully saturated rings. The Morgan fingerprint density at radius 3 is 2.33 bits per heavy atom. The molecule has 0 radical (unpaired) electrons. The highest BCUT2D eigenvalue weighted by Crippen LogP contribution is 2.23. The second-order valence-corrected chi connectivity index (χ2v) is 4.26. The van der Waals surface area contributed by atoms with E-state index in [1.807, 2.05) is 36.4 Å². The molecule has 0 aliphatic carbocycles. The molecule has 1 aromatic heterocycles. The topological polar surface area (TPSA) is 31.4 Å². The van der Waals surface area contributed by atoms with Gasteiger partial charge in [-0.3, -0.25) is 0 Å². The molecule has 2 aromatic rings. The number of nitrogens with zero attached hydrogens (tertiary/aromatic N) is 1. The summed E-state index contributed by atoms with van der Waals surface area (Å²) in [5.74, 6) is 1.14. The number of ether oxygens (including phenoxy) is 2. The number of rotatable bonds is 4. The molecule has 0 N–H and O–H groups in total. The van der Waals surface area contributed by atoms with Crippen molar-refractivity contribution in [3.8, 4) is 11.8 Å². The maximum atomic E-state index is 5.86. The molecule has 3 nitrogen and oxygen atoms in total. The number of pyridine rings is 1. The highest BCUT2D eigenvalue weighted by Gasteiger charge is 2.07. The average Bonchev–Trinajstić information content (AvgIpc) is 2.41. The monoisotopic (exact) mass is 263 g/mol. The Kier molecular flexibility index (Phi) is 4.05. The second kappa shape index (κ2) is 5.74. The highest BCUT2D eigenvalue weighted by molar-refractivity contribution is 6.30. The van der Waals surface area contributed by atoms with E-state index in [9.17, 15) is 0 Å². The lowest BCUT2D eigenvalue weighted by atomic mass is 10.1. The predicted molar refractivity (Wildman–Crippen MR) is 71.6 cm³/mol. The summed E-state index contributed by atoms with van der Waals surface area (Å²) in [5.41, 5.74) is 2.17. The molecule has 0 atom stereocenters. The minimum absolute atomic E-state index is 0.548. The van der Waals surface area contributed by atoms with Crippen LogP contribution in [-0.4, -0.2) is 19.2 Å². The highest BCUT2D eigenvalue weighted by atomic mass is 35.5. The number of aromatic nitrogens is 1. The molecule has 18 heavy (non-hydrogen) atoms. The van der Waals surface area contributed by atoms with Crippen molar-refractivity contribution >= 4 is 11.6 Å². The van der Waals surface area contributed by atoms with Gasteiger partial charge in [0.2, 0.25) is 11.8 Å². The number of benzene rings is 1. The van der Waals surface area contributed by atoms with Crippen molar-refractivity contribution in [3.05, 3.63) is 52.5 Å². The first-order chi connectivity index (χ1) is 8.72. The maximum Gasteiger partial charge on any atom is 0.219 e. The molecular weight excluding hydrogens is 250 g/mol. The summed E-state index contributed by atoms with van der Waals surface area (Å²) in [5, 5.41) is 0.735. The molecule has 0 unspecified atom stereocenters. The van der Waals surface area contributed by atoms with Gasteiger partial charge in [-0.1, -0.05) is 23.7 Å². The fraction of sp³-hybridized carbons (Fsp3) is 0.214. The van der Waals surface area contributed by atoms with Gasteiger partial charge >= 0.3 is 0 Å². The van der Waals surface area contributed by atoms with Crippen LogP contribution >= 0.6 is 11.6 Å². The number of hydrogen-bond donors (Lipinski definition) is 0. The molecule has 0 aliphatic rings. The van der Waals surface area contributed by atoms with E-state index in [2.05, 4.69) is 4.98 Å². The zero-order valence-electron chi connectivity index (χ0n) is 10.3. The van der Waals surface area contributed by atoms with E-state index in [1.165, 1.54) is 0 Å². The zero-order chi connectivity index (χ0) is 13.0. The van der Waals surface area contributed by atoms with Crippen molar-refractivity contribution in [2.24, 2.45) is 0 Å². The molecule has 0 saturated heterocycles. The molecule has 1 aromatic carbocycles. The lowest BCUT2D eigenvalue weighted by molar-refractivity contribution is 0.362. The first-order valence-electron chi connectivity index (χ1n) is 5.55. The minimum atomic E-state index is 0.548.